The van der Waals surface area contributed by atoms with Gasteiger partial charge in [0, 0.05) is 18.2 Å². The van der Waals surface area contributed by atoms with Gasteiger partial charge < -0.3 is 14.7 Å². The van der Waals surface area contributed by atoms with Crippen molar-refractivity contribution in [2.75, 3.05) is 19.6 Å². The lowest BCUT2D eigenvalue weighted by atomic mass is 10.0. The number of aromatic hydroxyl groups is 1. The molecule has 0 bridgehead atoms. The molecule has 0 atom stereocenters. The first-order valence-corrected chi connectivity index (χ1v) is 9.03. The van der Waals surface area contributed by atoms with Gasteiger partial charge in [0.05, 0.1) is 22.4 Å². The van der Waals surface area contributed by atoms with Gasteiger partial charge in [-0.1, -0.05) is 0 Å². The number of phenolic OH excluding ortho intramolecular Hbond substituents is 1. The van der Waals surface area contributed by atoms with Crippen molar-refractivity contribution in [2.45, 2.75) is 19.4 Å². The molecule has 0 spiro atoms. The van der Waals surface area contributed by atoms with Crippen molar-refractivity contribution in [3.8, 4) is 28.5 Å². The molecule has 1 N–H and O–H groups in total. The summed E-state index contributed by atoms with van der Waals surface area (Å²) in [5.74, 6) is 0.782. The minimum atomic E-state index is -0.439. The average molecular weight is 366 g/mol. The summed E-state index contributed by atoms with van der Waals surface area (Å²) in [5.41, 5.74) is 1.98. The van der Waals surface area contributed by atoms with Crippen LogP contribution < -0.4 is 4.74 Å². The van der Waals surface area contributed by atoms with Gasteiger partial charge in [0.15, 0.2) is 0 Å². The average Bonchev–Trinajstić information content (AvgIpc) is 3.29. The van der Waals surface area contributed by atoms with Gasteiger partial charge in [0.2, 0.25) is 5.75 Å². The number of nitro groups is 1. The van der Waals surface area contributed by atoms with Crippen molar-refractivity contribution >= 4 is 16.6 Å². The van der Waals surface area contributed by atoms with E-state index in [1.165, 1.54) is 25.0 Å². The Bertz CT molecular complexity index is 1070. The number of nitrogens with zero attached hydrogens (tertiary/aromatic N) is 4. The summed E-state index contributed by atoms with van der Waals surface area (Å²) in [6, 6.07) is 7.90. The van der Waals surface area contributed by atoms with Crippen LogP contribution in [0.5, 0.6) is 17.2 Å². The Kier molecular flexibility index (Phi) is 3.54. The van der Waals surface area contributed by atoms with Crippen molar-refractivity contribution in [1.29, 1.82) is 0 Å². The number of phenols is 1. The third-order valence-electron chi connectivity index (χ3n) is 5.30. The molecule has 2 aliphatic rings. The number of hydrogen-bond donors (Lipinski definition) is 1. The fourth-order valence-corrected chi connectivity index (χ4v) is 3.98. The fourth-order valence-electron chi connectivity index (χ4n) is 3.98. The van der Waals surface area contributed by atoms with Crippen LogP contribution in [0, 0.1) is 10.1 Å². The Morgan fingerprint density at radius 2 is 2.00 bits per heavy atom. The van der Waals surface area contributed by atoms with E-state index in [9.17, 15) is 15.2 Å². The van der Waals surface area contributed by atoms with Crippen molar-refractivity contribution in [1.82, 2.24) is 14.7 Å². The van der Waals surface area contributed by atoms with Gasteiger partial charge in [-0.3, -0.25) is 14.8 Å². The number of nitro benzene ring substituents is 1. The van der Waals surface area contributed by atoms with Crippen molar-refractivity contribution in [3.05, 3.63) is 40.4 Å². The predicted molar refractivity (Wildman–Crippen MR) is 99.2 cm³/mol. The molecule has 3 aromatic rings. The number of hydrogen-bond acceptors (Lipinski definition) is 6. The highest BCUT2D eigenvalue weighted by Gasteiger charge is 2.31. The highest BCUT2D eigenvalue weighted by Crippen LogP contribution is 2.50. The number of benzene rings is 2. The van der Waals surface area contributed by atoms with Crippen LogP contribution in [0.25, 0.3) is 22.2 Å². The van der Waals surface area contributed by atoms with Gasteiger partial charge in [-0.2, -0.15) is 5.10 Å². The molecule has 3 heterocycles. The maximum absolute atomic E-state index is 11.5. The minimum Gasteiger partial charge on any atom is -0.508 e. The van der Waals surface area contributed by atoms with Crippen LogP contribution >= 0.6 is 0 Å². The molecule has 0 aliphatic carbocycles. The molecule has 0 amide bonds. The first-order chi connectivity index (χ1) is 13.1. The minimum absolute atomic E-state index is 0.0819. The molecule has 8 heteroatoms. The van der Waals surface area contributed by atoms with Gasteiger partial charge in [-0.25, -0.2) is 0 Å². The summed E-state index contributed by atoms with van der Waals surface area (Å²) in [5, 5.41) is 26.7. The molecule has 8 nitrogen and oxygen atoms in total. The molecule has 1 saturated heterocycles. The van der Waals surface area contributed by atoms with Crippen LogP contribution in [-0.2, 0) is 6.54 Å². The Morgan fingerprint density at radius 3 is 2.78 bits per heavy atom. The van der Waals surface area contributed by atoms with E-state index in [1.54, 1.807) is 18.2 Å². The Labute approximate surface area is 154 Å². The smallest absolute Gasteiger partial charge is 0.312 e. The zero-order valence-electron chi connectivity index (χ0n) is 14.6. The third kappa shape index (κ3) is 2.52. The molecule has 2 aliphatic heterocycles. The van der Waals surface area contributed by atoms with Crippen molar-refractivity contribution in [2.24, 2.45) is 0 Å². The highest BCUT2D eigenvalue weighted by atomic mass is 16.6. The van der Waals surface area contributed by atoms with Crippen LogP contribution in [0.3, 0.4) is 0 Å². The maximum Gasteiger partial charge on any atom is 0.312 e. The molecule has 1 fully saturated rings. The second kappa shape index (κ2) is 5.95. The first kappa shape index (κ1) is 16.1. The summed E-state index contributed by atoms with van der Waals surface area (Å²) in [6.45, 7) is 3.78. The summed E-state index contributed by atoms with van der Waals surface area (Å²) < 4.78 is 7.76. The lowest BCUT2D eigenvalue weighted by Crippen LogP contribution is -2.24. The zero-order chi connectivity index (χ0) is 18.5. The molecule has 1 aromatic heterocycles. The summed E-state index contributed by atoms with van der Waals surface area (Å²) in [7, 11) is 0. The van der Waals surface area contributed by atoms with Gasteiger partial charge in [-0.05, 0) is 50.2 Å². The maximum atomic E-state index is 11.5. The third-order valence-corrected chi connectivity index (χ3v) is 5.30. The van der Waals surface area contributed by atoms with Gasteiger partial charge in [0.1, 0.15) is 17.2 Å². The molecular formula is C19H18N4O4. The predicted octanol–water partition coefficient (Wildman–Crippen LogP) is 3.52. The molecule has 138 valence electrons. The second-order valence-corrected chi connectivity index (χ2v) is 6.97. The summed E-state index contributed by atoms with van der Waals surface area (Å²) in [4.78, 5) is 13.4. The molecule has 0 unspecified atom stereocenters. The first-order valence-electron chi connectivity index (χ1n) is 9.03. The standard InChI is InChI=1S/C19H18N4O4/c24-12-3-6-16-13(11-12)18-17-14(4-5-15(23(25)26)19(17)27-16)22(20-18)10-9-21-7-1-2-8-21/h3-6,11,24H,1-2,7-10H2. The van der Waals surface area contributed by atoms with E-state index < -0.39 is 4.92 Å². The number of aromatic nitrogens is 2. The number of ether oxygens (including phenoxy) is 1. The molecule has 5 rings (SSSR count). The van der Waals surface area contributed by atoms with E-state index in [-0.39, 0.29) is 17.2 Å². The van der Waals surface area contributed by atoms with E-state index in [0.29, 0.717) is 28.9 Å². The van der Waals surface area contributed by atoms with E-state index in [4.69, 9.17) is 9.84 Å². The zero-order valence-corrected chi connectivity index (χ0v) is 14.6. The SMILES string of the molecule is O=[N+]([O-])c1ccc2c3c(nn2CCN2CCCC2)-c2cc(O)ccc2Oc13. The van der Waals surface area contributed by atoms with E-state index in [0.717, 1.165) is 25.2 Å². The number of likely N-dealkylation sites (tertiary alicyclic amines) is 1. The fraction of sp³-hybridized carbons (Fsp3) is 0.316. The van der Waals surface area contributed by atoms with Crippen LogP contribution in [-0.4, -0.2) is 44.3 Å². The van der Waals surface area contributed by atoms with E-state index >= 15 is 0 Å². The van der Waals surface area contributed by atoms with E-state index in [1.807, 2.05) is 4.68 Å². The van der Waals surface area contributed by atoms with Crippen LogP contribution in [0.2, 0.25) is 0 Å². The molecule has 2 aromatic carbocycles. The second-order valence-electron chi connectivity index (χ2n) is 6.97. The van der Waals surface area contributed by atoms with Gasteiger partial charge in [0.25, 0.3) is 0 Å². The largest absolute Gasteiger partial charge is 0.508 e. The lowest BCUT2D eigenvalue weighted by molar-refractivity contribution is -0.385. The van der Waals surface area contributed by atoms with Crippen LogP contribution in [0.4, 0.5) is 5.69 Å². The highest BCUT2D eigenvalue weighted by molar-refractivity contribution is 6.03. The molecular weight excluding hydrogens is 348 g/mol. The van der Waals surface area contributed by atoms with Gasteiger partial charge >= 0.3 is 5.69 Å². The Morgan fingerprint density at radius 1 is 1.19 bits per heavy atom. The van der Waals surface area contributed by atoms with Gasteiger partial charge in [-0.15, -0.1) is 0 Å². The number of fused-ring (bicyclic) bond motifs is 2. The lowest BCUT2D eigenvalue weighted by Gasteiger charge is -2.16. The molecule has 0 saturated carbocycles. The van der Waals surface area contributed by atoms with Crippen LogP contribution in [0.15, 0.2) is 30.3 Å². The monoisotopic (exact) mass is 366 g/mol. The molecule has 27 heavy (non-hydrogen) atoms. The molecule has 0 radical (unpaired) electrons. The quantitative estimate of drug-likeness (QED) is 0.439. The summed E-state index contributed by atoms with van der Waals surface area (Å²) in [6.07, 6.45) is 2.45. The van der Waals surface area contributed by atoms with Crippen molar-refractivity contribution < 1.29 is 14.8 Å². The Balaban J connectivity index is 1.67. The summed E-state index contributed by atoms with van der Waals surface area (Å²) >= 11 is 0. The topological polar surface area (TPSA) is 93.7 Å². The van der Waals surface area contributed by atoms with Crippen LogP contribution in [0.1, 0.15) is 12.8 Å². The van der Waals surface area contributed by atoms with E-state index in [2.05, 4.69) is 4.90 Å². The number of rotatable bonds is 4. The Hall–Kier alpha value is -3.13. The normalized spacial score (nSPS) is 15.7. The van der Waals surface area contributed by atoms with Crippen molar-refractivity contribution in [3.63, 3.8) is 0 Å².